The minimum atomic E-state index is -4.60. The molecular formula is C8H8BrF3N2O. The third kappa shape index (κ3) is 2.22. The van der Waals surface area contributed by atoms with Gasteiger partial charge in [0, 0.05) is 12.4 Å². The van der Waals surface area contributed by atoms with Crippen molar-refractivity contribution in [3.8, 4) is 0 Å². The van der Waals surface area contributed by atoms with Crippen molar-refractivity contribution in [2.45, 2.75) is 18.4 Å². The van der Waals surface area contributed by atoms with Gasteiger partial charge in [0.2, 0.25) is 0 Å². The van der Waals surface area contributed by atoms with E-state index < -0.39 is 17.4 Å². The van der Waals surface area contributed by atoms with E-state index in [2.05, 4.69) is 20.9 Å². The third-order valence-electron chi connectivity index (χ3n) is 2.01. The maximum atomic E-state index is 12.5. The van der Waals surface area contributed by atoms with Crippen molar-refractivity contribution in [3.05, 3.63) is 27.4 Å². The molecule has 0 aliphatic rings. The van der Waals surface area contributed by atoms with E-state index in [9.17, 15) is 18.0 Å². The van der Waals surface area contributed by atoms with Crippen LogP contribution >= 0.6 is 15.9 Å². The highest BCUT2D eigenvalue weighted by Gasteiger charge is 2.37. The average molecular weight is 285 g/mol. The van der Waals surface area contributed by atoms with Gasteiger partial charge in [0.05, 0.1) is 5.56 Å². The Hall–Kier alpha value is -0.850. The molecule has 1 aromatic rings. The summed E-state index contributed by atoms with van der Waals surface area (Å²) in [6.07, 6.45) is -4.60. The molecule has 0 radical (unpaired) electrons. The largest absolute Gasteiger partial charge is 0.433 e. The van der Waals surface area contributed by atoms with Crippen molar-refractivity contribution in [3.63, 3.8) is 0 Å². The van der Waals surface area contributed by atoms with Crippen LogP contribution in [0.1, 0.15) is 17.1 Å². The van der Waals surface area contributed by atoms with Crippen LogP contribution in [0.4, 0.5) is 13.2 Å². The summed E-state index contributed by atoms with van der Waals surface area (Å²) in [6, 6.07) is 0. The van der Waals surface area contributed by atoms with Gasteiger partial charge >= 0.3 is 6.18 Å². The zero-order valence-corrected chi connectivity index (χ0v) is 9.61. The molecule has 0 spiro atoms. The molecule has 0 unspecified atom stereocenters. The molecule has 0 aromatic carbocycles. The Bertz CT molecular complexity index is 439. The number of hydrogen-bond donors (Lipinski definition) is 0. The molecule has 7 heteroatoms. The van der Waals surface area contributed by atoms with Gasteiger partial charge in [0.15, 0.2) is 5.69 Å². The summed E-state index contributed by atoms with van der Waals surface area (Å²) in [5.74, 6) is 0.0389. The van der Waals surface area contributed by atoms with Gasteiger partial charge in [-0.25, -0.2) is 4.98 Å². The summed E-state index contributed by atoms with van der Waals surface area (Å²) in [5, 5.41) is -0.165. The van der Waals surface area contributed by atoms with E-state index >= 15 is 0 Å². The fourth-order valence-electron chi connectivity index (χ4n) is 1.11. The lowest BCUT2D eigenvalue weighted by Crippen LogP contribution is -2.29. The van der Waals surface area contributed by atoms with Crippen LogP contribution in [-0.2, 0) is 18.6 Å². The Kier molecular flexibility index (Phi) is 3.22. The molecule has 0 amide bonds. The van der Waals surface area contributed by atoms with Crippen LogP contribution in [0.2, 0.25) is 0 Å². The first-order valence-electron chi connectivity index (χ1n) is 3.98. The van der Waals surface area contributed by atoms with Crippen LogP contribution < -0.4 is 5.56 Å². The van der Waals surface area contributed by atoms with E-state index in [0.717, 1.165) is 4.57 Å². The second-order valence-electron chi connectivity index (χ2n) is 2.98. The monoisotopic (exact) mass is 284 g/mol. The molecule has 0 atom stereocenters. The summed E-state index contributed by atoms with van der Waals surface area (Å²) >= 11 is 2.86. The Morgan fingerprint density at radius 3 is 2.40 bits per heavy atom. The predicted molar refractivity (Wildman–Crippen MR) is 51.8 cm³/mol. The molecule has 0 N–H and O–H groups in total. The highest BCUT2D eigenvalue weighted by Crippen LogP contribution is 2.29. The number of aryl methyl sites for hydroxylation is 1. The molecule has 0 saturated heterocycles. The predicted octanol–water partition coefficient (Wildman–Crippen LogP) is 2.00. The van der Waals surface area contributed by atoms with E-state index in [4.69, 9.17) is 0 Å². The van der Waals surface area contributed by atoms with Crippen LogP contribution in [0.15, 0.2) is 4.79 Å². The molecule has 0 aliphatic carbocycles. The second-order valence-corrected chi connectivity index (χ2v) is 3.54. The smallest absolute Gasteiger partial charge is 0.300 e. The number of aromatic nitrogens is 2. The fraction of sp³-hybridized carbons (Fsp3) is 0.500. The molecule has 0 fully saturated rings. The Morgan fingerprint density at radius 1 is 1.47 bits per heavy atom. The number of rotatable bonds is 1. The van der Waals surface area contributed by atoms with Gasteiger partial charge in [0.1, 0.15) is 5.82 Å². The first-order chi connectivity index (χ1) is 6.79. The summed E-state index contributed by atoms with van der Waals surface area (Å²) < 4.78 is 38.6. The van der Waals surface area contributed by atoms with E-state index in [1.54, 1.807) is 0 Å². The Morgan fingerprint density at radius 2 is 2.00 bits per heavy atom. The van der Waals surface area contributed by atoms with Crippen LogP contribution in [-0.4, -0.2) is 9.55 Å². The van der Waals surface area contributed by atoms with Crippen LogP contribution in [0.3, 0.4) is 0 Å². The quantitative estimate of drug-likeness (QED) is 0.740. The lowest BCUT2D eigenvalue weighted by atomic mass is 10.2. The minimum Gasteiger partial charge on any atom is -0.300 e. The van der Waals surface area contributed by atoms with Crippen molar-refractivity contribution in [2.24, 2.45) is 7.05 Å². The molecule has 84 valence electrons. The van der Waals surface area contributed by atoms with Gasteiger partial charge in [-0.05, 0) is 6.92 Å². The second kappa shape index (κ2) is 3.96. The summed E-state index contributed by atoms with van der Waals surface area (Å²) in [4.78, 5) is 14.9. The molecule has 0 saturated carbocycles. The molecule has 3 nitrogen and oxygen atoms in total. The molecule has 15 heavy (non-hydrogen) atoms. The molecule has 1 aromatic heterocycles. The van der Waals surface area contributed by atoms with Gasteiger partial charge in [-0.1, -0.05) is 15.9 Å². The highest BCUT2D eigenvalue weighted by atomic mass is 79.9. The Balaban J connectivity index is 3.61. The van der Waals surface area contributed by atoms with Gasteiger partial charge < -0.3 is 0 Å². The van der Waals surface area contributed by atoms with Gasteiger partial charge in [-0.3, -0.25) is 9.36 Å². The number of nitrogens with zero attached hydrogens (tertiary/aromatic N) is 2. The lowest BCUT2D eigenvalue weighted by Gasteiger charge is -2.12. The lowest BCUT2D eigenvalue weighted by molar-refractivity contribution is -0.142. The summed E-state index contributed by atoms with van der Waals surface area (Å²) in [5.41, 5.74) is -2.15. The van der Waals surface area contributed by atoms with Gasteiger partial charge in [0.25, 0.3) is 5.56 Å². The number of hydrogen-bond acceptors (Lipinski definition) is 2. The molecular weight excluding hydrogens is 277 g/mol. The highest BCUT2D eigenvalue weighted by molar-refractivity contribution is 9.08. The minimum absolute atomic E-state index is 0.0389. The first kappa shape index (κ1) is 12.2. The van der Waals surface area contributed by atoms with Gasteiger partial charge in [-0.2, -0.15) is 13.2 Å². The van der Waals surface area contributed by atoms with Gasteiger partial charge in [-0.15, -0.1) is 0 Å². The van der Waals surface area contributed by atoms with E-state index in [1.165, 1.54) is 14.0 Å². The van der Waals surface area contributed by atoms with Crippen molar-refractivity contribution in [1.29, 1.82) is 0 Å². The van der Waals surface area contributed by atoms with Crippen molar-refractivity contribution in [2.75, 3.05) is 0 Å². The number of alkyl halides is 4. The maximum Gasteiger partial charge on any atom is 0.433 e. The summed E-state index contributed by atoms with van der Waals surface area (Å²) in [7, 11) is 1.39. The van der Waals surface area contributed by atoms with Crippen molar-refractivity contribution < 1.29 is 13.2 Å². The number of halogens is 4. The third-order valence-corrected chi connectivity index (χ3v) is 2.57. The molecule has 0 aliphatic heterocycles. The average Bonchev–Trinajstić information content (AvgIpc) is 2.12. The van der Waals surface area contributed by atoms with E-state index in [1.807, 2.05) is 0 Å². The standard InChI is InChI=1S/C8H8BrF3N2O/c1-4-13-6(8(10,11)12)5(3-9)7(15)14(4)2/h3H2,1-2H3. The topological polar surface area (TPSA) is 34.9 Å². The van der Waals surface area contributed by atoms with Crippen LogP contribution in [0.5, 0.6) is 0 Å². The van der Waals surface area contributed by atoms with Crippen LogP contribution in [0, 0.1) is 6.92 Å². The zero-order valence-electron chi connectivity index (χ0n) is 8.02. The van der Waals surface area contributed by atoms with Crippen LogP contribution in [0.25, 0.3) is 0 Å². The van der Waals surface area contributed by atoms with E-state index in [0.29, 0.717) is 0 Å². The fourth-order valence-corrected chi connectivity index (χ4v) is 1.62. The molecule has 1 heterocycles. The summed E-state index contributed by atoms with van der Waals surface area (Å²) in [6.45, 7) is 1.36. The zero-order chi connectivity index (χ0) is 11.8. The molecule has 0 bridgehead atoms. The SMILES string of the molecule is Cc1nc(C(F)(F)F)c(CBr)c(=O)n1C. The first-order valence-corrected chi connectivity index (χ1v) is 5.10. The maximum absolute atomic E-state index is 12.5. The normalized spacial score (nSPS) is 11.9. The Labute approximate surface area is 92.1 Å². The van der Waals surface area contributed by atoms with Crippen molar-refractivity contribution in [1.82, 2.24) is 9.55 Å². The molecule has 1 rings (SSSR count). The van der Waals surface area contributed by atoms with E-state index in [-0.39, 0.29) is 16.7 Å². The van der Waals surface area contributed by atoms with Crippen molar-refractivity contribution >= 4 is 15.9 Å².